The molecule has 2 aromatic rings. The van der Waals surface area contributed by atoms with Gasteiger partial charge in [0.05, 0.1) is 11.7 Å². The lowest BCUT2D eigenvalue weighted by Crippen LogP contribution is -2.09. The Labute approximate surface area is 119 Å². The molecule has 0 amide bonds. The first-order chi connectivity index (χ1) is 9.22. The van der Waals surface area contributed by atoms with Gasteiger partial charge in [0.1, 0.15) is 0 Å². The number of ether oxygens (including phenoxy) is 1. The lowest BCUT2D eigenvalue weighted by atomic mass is 10.2. The number of nitrogens with zero attached hydrogens (tertiary/aromatic N) is 2. The molecule has 1 aromatic carbocycles. The Morgan fingerprint density at radius 3 is 3.11 bits per heavy atom. The van der Waals surface area contributed by atoms with E-state index in [0.717, 1.165) is 29.5 Å². The van der Waals surface area contributed by atoms with Gasteiger partial charge < -0.3 is 15.0 Å². The third-order valence-electron chi connectivity index (χ3n) is 3.12. The molecule has 1 fully saturated rings. The predicted octanol–water partition coefficient (Wildman–Crippen LogP) is 2.80. The van der Waals surface area contributed by atoms with Gasteiger partial charge in [0.25, 0.3) is 5.89 Å². The normalized spacial score (nSPS) is 18.9. The Kier molecular flexibility index (Phi) is 3.52. The number of benzene rings is 1. The second-order valence-corrected chi connectivity index (χ2v) is 5.45. The van der Waals surface area contributed by atoms with Gasteiger partial charge >= 0.3 is 0 Å². The van der Waals surface area contributed by atoms with Crippen LogP contribution in [0.3, 0.4) is 0 Å². The van der Waals surface area contributed by atoms with Gasteiger partial charge in [-0.15, -0.1) is 0 Å². The summed E-state index contributed by atoms with van der Waals surface area (Å²) >= 11 is 3.46. The van der Waals surface area contributed by atoms with Crippen molar-refractivity contribution in [2.45, 2.75) is 25.4 Å². The van der Waals surface area contributed by atoms with Crippen molar-refractivity contribution < 1.29 is 9.26 Å². The monoisotopic (exact) mass is 323 g/mol. The molecule has 1 aromatic heterocycles. The van der Waals surface area contributed by atoms with Gasteiger partial charge in [-0.25, -0.2) is 0 Å². The fourth-order valence-corrected chi connectivity index (χ4v) is 2.58. The summed E-state index contributed by atoms with van der Waals surface area (Å²) in [6.07, 6.45) is 3.08. The minimum Gasteiger partial charge on any atom is -0.399 e. The van der Waals surface area contributed by atoms with E-state index >= 15 is 0 Å². The number of halogens is 1. The van der Waals surface area contributed by atoms with Crippen LogP contribution in [0, 0.1) is 0 Å². The largest absolute Gasteiger partial charge is 0.399 e. The molecular weight excluding hydrogens is 310 g/mol. The van der Waals surface area contributed by atoms with E-state index in [9.17, 15) is 0 Å². The average molecular weight is 324 g/mol. The topological polar surface area (TPSA) is 74.2 Å². The third kappa shape index (κ3) is 2.79. The van der Waals surface area contributed by atoms with Crippen LogP contribution < -0.4 is 5.73 Å². The standard InChI is InChI=1S/C13H14BrN3O2/c14-11-4-3-8(15)6-10(11)13-16-12(17-19-13)7-9-2-1-5-18-9/h3-4,6,9H,1-2,5,7,15H2. The van der Waals surface area contributed by atoms with Gasteiger partial charge in [-0.2, -0.15) is 4.98 Å². The molecule has 2 heterocycles. The van der Waals surface area contributed by atoms with E-state index in [0.29, 0.717) is 23.8 Å². The van der Waals surface area contributed by atoms with Gasteiger partial charge in [-0.3, -0.25) is 0 Å². The third-order valence-corrected chi connectivity index (χ3v) is 3.81. The molecule has 0 saturated carbocycles. The molecule has 6 heteroatoms. The van der Waals surface area contributed by atoms with Crippen molar-refractivity contribution in [3.63, 3.8) is 0 Å². The summed E-state index contributed by atoms with van der Waals surface area (Å²) in [6, 6.07) is 5.50. The summed E-state index contributed by atoms with van der Waals surface area (Å²) in [7, 11) is 0. The fraction of sp³-hybridized carbons (Fsp3) is 0.385. The first kappa shape index (κ1) is 12.6. The molecule has 2 N–H and O–H groups in total. The summed E-state index contributed by atoms with van der Waals surface area (Å²) in [4.78, 5) is 4.40. The highest BCUT2D eigenvalue weighted by Gasteiger charge is 2.20. The van der Waals surface area contributed by atoms with E-state index in [-0.39, 0.29) is 6.10 Å². The van der Waals surface area contributed by atoms with E-state index in [1.165, 1.54) is 0 Å². The molecule has 1 unspecified atom stereocenters. The first-order valence-corrected chi connectivity index (χ1v) is 7.01. The second kappa shape index (κ2) is 5.30. The van der Waals surface area contributed by atoms with Crippen LogP contribution in [-0.4, -0.2) is 22.9 Å². The highest BCUT2D eigenvalue weighted by Crippen LogP contribution is 2.29. The number of nitrogens with two attached hydrogens (primary N) is 1. The van der Waals surface area contributed by atoms with E-state index in [1.54, 1.807) is 0 Å². The van der Waals surface area contributed by atoms with Crippen molar-refractivity contribution in [3.8, 4) is 11.5 Å². The summed E-state index contributed by atoms with van der Waals surface area (Å²) in [6.45, 7) is 0.830. The summed E-state index contributed by atoms with van der Waals surface area (Å²) in [5.41, 5.74) is 7.25. The lowest BCUT2D eigenvalue weighted by Gasteiger charge is -2.04. The smallest absolute Gasteiger partial charge is 0.259 e. The van der Waals surface area contributed by atoms with Gasteiger partial charge in [-0.1, -0.05) is 5.16 Å². The van der Waals surface area contributed by atoms with Gasteiger partial charge in [-0.05, 0) is 47.0 Å². The van der Waals surface area contributed by atoms with Crippen LogP contribution in [-0.2, 0) is 11.2 Å². The maximum atomic E-state index is 5.77. The number of aromatic nitrogens is 2. The van der Waals surface area contributed by atoms with Crippen molar-refractivity contribution >= 4 is 21.6 Å². The Morgan fingerprint density at radius 2 is 2.32 bits per heavy atom. The number of hydrogen-bond donors (Lipinski definition) is 1. The van der Waals surface area contributed by atoms with Crippen molar-refractivity contribution in [1.29, 1.82) is 0 Å². The molecular formula is C13H14BrN3O2. The Balaban J connectivity index is 1.82. The van der Waals surface area contributed by atoms with Crippen molar-refractivity contribution in [1.82, 2.24) is 10.1 Å². The maximum Gasteiger partial charge on any atom is 0.259 e. The molecule has 0 radical (unpaired) electrons. The van der Waals surface area contributed by atoms with Gasteiger partial charge in [0.2, 0.25) is 0 Å². The minimum absolute atomic E-state index is 0.217. The molecule has 0 bridgehead atoms. The minimum atomic E-state index is 0.217. The number of hydrogen-bond acceptors (Lipinski definition) is 5. The molecule has 1 atom stereocenters. The van der Waals surface area contributed by atoms with Crippen molar-refractivity contribution in [3.05, 3.63) is 28.5 Å². The Morgan fingerprint density at radius 1 is 1.42 bits per heavy atom. The molecule has 5 nitrogen and oxygen atoms in total. The highest BCUT2D eigenvalue weighted by atomic mass is 79.9. The SMILES string of the molecule is Nc1ccc(Br)c(-c2nc(CC3CCCO3)no2)c1. The second-order valence-electron chi connectivity index (χ2n) is 4.59. The van der Waals surface area contributed by atoms with Crippen LogP contribution in [0.4, 0.5) is 5.69 Å². The zero-order chi connectivity index (χ0) is 13.2. The highest BCUT2D eigenvalue weighted by molar-refractivity contribution is 9.10. The van der Waals surface area contributed by atoms with Crippen molar-refractivity contribution in [2.24, 2.45) is 0 Å². The number of rotatable bonds is 3. The van der Waals surface area contributed by atoms with Crippen LogP contribution in [0.2, 0.25) is 0 Å². The molecule has 0 spiro atoms. The van der Waals surface area contributed by atoms with Gasteiger partial charge in [0, 0.05) is 23.2 Å². The van der Waals surface area contributed by atoms with Crippen LogP contribution in [0.1, 0.15) is 18.7 Å². The van der Waals surface area contributed by atoms with E-state index in [2.05, 4.69) is 26.1 Å². The summed E-state index contributed by atoms with van der Waals surface area (Å²) in [5.74, 6) is 1.16. The fourth-order valence-electron chi connectivity index (χ4n) is 2.16. The maximum absolute atomic E-state index is 5.77. The summed E-state index contributed by atoms with van der Waals surface area (Å²) < 4.78 is 11.7. The summed E-state index contributed by atoms with van der Waals surface area (Å²) in [5, 5.41) is 4.00. The van der Waals surface area contributed by atoms with E-state index in [1.807, 2.05) is 18.2 Å². The average Bonchev–Trinajstić information content (AvgIpc) is 3.04. The van der Waals surface area contributed by atoms with Gasteiger partial charge in [0.15, 0.2) is 5.82 Å². The molecule has 19 heavy (non-hydrogen) atoms. The molecule has 100 valence electrons. The van der Waals surface area contributed by atoms with Crippen molar-refractivity contribution in [2.75, 3.05) is 12.3 Å². The lowest BCUT2D eigenvalue weighted by molar-refractivity contribution is 0.109. The Hall–Kier alpha value is -1.40. The quantitative estimate of drug-likeness (QED) is 0.879. The zero-order valence-corrected chi connectivity index (χ0v) is 11.9. The molecule has 3 rings (SSSR count). The predicted molar refractivity (Wildman–Crippen MR) is 74.5 cm³/mol. The van der Waals surface area contributed by atoms with Crippen LogP contribution >= 0.6 is 15.9 Å². The number of anilines is 1. The van der Waals surface area contributed by atoms with Crippen LogP contribution in [0.5, 0.6) is 0 Å². The van der Waals surface area contributed by atoms with E-state index < -0.39 is 0 Å². The van der Waals surface area contributed by atoms with E-state index in [4.69, 9.17) is 15.0 Å². The zero-order valence-electron chi connectivity index (χ0n) is 10.3. The molecule has 1 aliphatic heterocycles. The number of nitrogen functional groups attached to an aromatic ring is 1. The molecule has 1 aliphatic rings. The first-order valence-electron chi connectivity index (χ1n) is 6.22. The molecule has 0 aliphatic carbocycles. The van der Waals surface area contributed by atoms with Crippen LogP contribution in [0.25, 0.3) is 11.5 Å². The molecule has 1 saturated heterocycles. The van der Waals surface area contributed by atoms with Crippen LogP contribution in [0.15, 0.2) is 27.2 Å². The Bertz CT molecular complexity index is 579.